The molecule has 0 unspecified atom stereocenters. The number of hydrogen-bond acceptors (Lipinski definition) is 4. The maximum atomic E-state index is 14.0. The molecule has 21 heavy (non-hydrogen) atoms. The van der Waals surface area contributed by atoms with E-state index < -0.39 is 11.8 Å². The molecule has 1 N–H and O–H groups in total. The number of imidazole rings is 1. The smallest absolute Gasteiger partial charge is 0.347 e. The molecular formula is C14H11FN2O3S. The van der Waals surface area contributed by atoms with Crippen LogP contribution in [-0.4, -0.2) is 27.6 Å². The van der Waals surface area contributed by atoms with E-state index in [1.165, 1.54) is 13.2 Å². The number of ether oxygens (including phenoxy) is 1. The lowest BCUT2D eigenvalue weighted by Gasteiger charge is -2.06. The SMILES string of the molecule is COc1cccc(F)c1-c1cn2c(C)c(C(=O)O)sc2n1. The number of benzene rings is 1. The van der Waals surface area contributed by atoms with Crippen molar-refractivity contribution in [3.8, 4) is 17.0 Å². The number of nitrogens with zero attached hydrogens (tertiary/aromatic N) is 2. The number of hydrogen-bond donors (Lipinski definition) is 1. The van der Waals surface area contributed by atoms with Crippen molar-refractivity contribution in [2.75, 3.05) is 7.11 Å². The normalized spacial score (nSPS) is 11.0. The van der Waals surface area contributed by atoms with Gasteiger partial charge in [0.15, 0.2) is 4.96 Å². The van der Waals surface area contributed by atoms with E-state index in [-0.39, 0.29) is 10.4 Å². The lowest BCUT2D eigenvalue weighted by molar-refractivity contribution is 0.0701. The number of halogens is 1. The van der Waals surface area contributed by atoms with Gasteiger partial charge in [0.25, 0.3) is 0 Å². The van der Waals surface area contributed by atoms with E-state index in [0.29, 0.717) is 22.1 Å². The van der Waals surface area contributed by atoms with E-state index in [1.807, 2.05) is 0 Å². The number of carboxylic acids is 1. The Morgan fingerprint density at radius 1 is 1.48 bits per heavy atom. The summed E-state index contributed by atoms with van der Waals surface area (Å²) in [6.07, 6.45) is 1.62. The van der Waals surface area contributed by atoms with Crippen molar-refractivity contribution < 1.29 is 19.0 Å². The first-order valence-corrected chi connectivity index (χ1v) is 6.89. The second-order valence-corrected chi connectivity index (χ2v) is 5.40. The molecule has 0 fully saturated rings. The van der Waals surface area contributed by atoms with E-state index >= 15 is 0 Å². The number of thiazole rings is 1. The summed E-state index contributed by atoms with van der Waals surface area (Å²) in [6.45, 7) is 1.69. The minimum atomic E-state index is -0.993. The van der Waals surface area contributed by atoms with Crippen LogP contribution in [0.5, 0.6) is 5.75 Å². The molecule has 7 heteroatoms. The maximum Gasteiger partial charge on any atom is 0.347 e. The van der Waals surface area contributed by atoms with Gasteiger partial charge in [0.1, 0.15) is 16.4 Å². The average molecular weight is 306 g/mol. The summed E-state index contributed by atoms with van der Waals surface area (Å²) < 4.78 is 20.9. The number of fused-ring (bicyclic) bond motifs is 1. The van der Waals surface area contributed by atoms with Gasteiger partial charge in [-0.1, -0.05) is 17.4 Å². The molecule has 3 aromatic rings. The molecule has 0 radical (unpaired) electrons. The number of methoxy groups -OCH3 is 1. The van der Waals surface area contributed by atoms with E-state index in [0.717, 1.165) is 11.3 Å². The molecule has 0 spiro atoms. The van der Waals surface area contributed by atoms with E-state index in [9.17, 15) is 9.18 Å². The van der Waals surface area contributed by atoms with Gasteiger partial charge in [-0.25, -0.2) is 14.2 Å². The van der Waals surface area contributed by atoms with Crippen LogP contribution in [0.4, 0.5) is 4.39 Å². The Morgan fingerprint density at radius 3 is 2.86 bits per heavy atom. The van der Waals surface area contributed by atoms with Gasteiger partial charge in [-0.3, -0.25) is 4.40 Å². The molecule has 0 saturated heterocycles. The summed E-state index contributed by atoms with van der Waals surface area (Å²) in [5.74, 6) is -1.04. The van der Waals surface area contributed by atoms with Gasteiger partial charge >= 0.3 is 5.97 Å². The summed E-state index contributed by atoms with van der Waals surface area (Å²) in [5, 5.41) is 9.09. The molecule has 0 aliphatic carbocycles. The fourth-order valence-corrected chi connectivity index (χ4v) is 3.14. The number of aromatic nitrogens is 2. The Morgan fingerprint density at radius 2 is 2.24 bits per heavy atom. The molecule has 0 aliphatic heterocycles. The van der Waals surface area contributed by atoms with Crippen LogP contribution in [0.2, 0.25) is 0 Å². The third kappa shape index (κ3) is 2.06. The third-order valence-electron chi connectivity index (χ3n) is 3.20. The summed E-state index contributed by atoms with van der Waals surface area (Å²) in [5.41, 5.74) is 1.25. The van der Waals surface area contributed by atoms with Crippen LogP contribution in [0.25, 0.3) is 16.2 Å². The van der Waals surface area contributed by atoms with Crippen molar-refractivity contribution in [2.45, 2.75) is 6.92 Å². The minimum absolute atomic E-state index is 0.226. The van der Waals surface area contributed by atoms with Crippen LogP contribution in [0.1, 0.15) is 15.4 Å². The topological polar surface area (TPSA) is 63.8 Å². The Kier molecular flexibility index (Phi) is 3.13. The first-order chi connectivity index (χ1) is 10.0. The van der Waals surface area contributed by atoms with Crippen molar-refractivity contribution >= 4 is 22.3 Å². The van der Waals surface area contributed by atoms with Crippen molar-refractivity contribution in [1.29, 1.82) is 0 Å². The Labute approximate surface area is 123 Å². The lowest BCUT2D eigenvalue weighted by atomic mass is 10.1. The summed E-state index contributed by atoms with van der Waals surface area (Å²) in [6, 6.07) is 4.55. The van der Waals surface area contributed by atoms with Gasteiger partial charge in [0.2, 0.25) is 0 Å². The van der Waals surface area contributed by atoms with E-state index in [1.54, 1.807) is 29.7 Å². The van der Waals surface area contributed by atoms with Crippen LogP contribution in [0.3, 0.4) is 0 Å². The van der Waals surface area contributed by atoms with Gasteiger partial charge in [0.05, 0.1) is 18.4 Å². The fraction of sp³-hybridized carbons (Fsp3) is 0.143. The molecule has 0 saturated carbocycles. The van der Waals surface area contributed by atoms with E-state index in [4.69, 9.17) is 9.84 Å². The van der Waals surface area contributed by atoms with Crippen molar-refractivity contribution in [3.05, 3.63) is 40.8 Å². The van der Waals surface area contributed by atoms with Crippen molar-refractivity contribution in [2.24, 2.45) is 0 Å². The summed E-state index contributed by atoms with van der Waals surface area (Å²) in [4.78, 5) is 16.1. The fourth-order valence-electron chi connectivity index (χ4n) is 2.19. The van der Waals surface area contributed by atoms with Crippen LogP contribution >= 0.6 is 11.3 Å². The highest BCUT2D eigenvalue weighted by atomic mass is 32.1. The number of rotatable bonds is 3. The molecule has 108 valence electrons. The molecule has 2 heterocycles. The average Bonchev–Trinajstić information content (AvgIpc) is 2.98. The van der Waals surface area contributed by atoms with Gasteiger partial charge < -0.3 is 9.84 Å². The molecule has 0 bridgehead atoms. The highest BCUT2D eigenvalue weighted by molar-refractivity contribution is 7.19. The standard InChI is InChI=1S/C14H11FN2O3S/c1-7-12(13(18)19)21-14-16-9(6-17(7)14)11-8(15)4-3-5-10(11)20-2/h3-6H,1-2H3,(H,18,19). The third-order valence-corrected chi connectivity index (χ3v) is 4.35. The molecular weight excluding hydrogens is 295 g/mol. The maximum absolute atomic E-state index is 14.0. The first-order valence-electron chi connectivity index (χ1n) is 6.07. The number of carbonyl (C=O) groups is 1. The van der Waals surface area contributed by atoms with Crippen LogP contribution in [0.15, 0.2) is 24.4 Å². The second-order valence-electron chi connectivity index (χ2n) is 4.42. The van der Waals surface area contributed by atoms with E-state index in [2.05, 4.69) is 4.98 Å². The number of aromatic carboxylic acids is 1. The predicted octanol–water partition coefficient (Wildman–Crippen LogP) is 3.22. The van der Waals surface area contributed by atoms with Crippen LogP contribution < -0.4 is 4.74 Å². The molecule has 1 aromatic carbocycles. The van der Waals surface area contributed by atoms with Crippen LogP contribution in [-0.2, 0) is 0 Å². The highest BCUT2D eigenvalue weighted by Gasteiger charge is 2.20. The Hall–Kier alpha value is -2.41. The zero-order valence-electron chi connectivity index (χ0n) is 11.3. The summed E-state index contributed by atoms with van der Waals surface area (Å²) in [7, 11) is 1.46. The molecule has 0 aliphatic rings. The minimum Gasteiger partial charge on any atom is -0.496 e. The highest BCUT2D eigenvalue weighted by Crippen LogP contribution is 2.34. The monoisotopic (exact) mass is 306 g/mol. The number of aryl methyl sites for hydroxylation is 1. The Balaban J connectivity index is 2.21. The largest absolute Gasteiger partial charge is 0.496 e. The van der Waals surface area contributed by atoms with Gasteiger partial charge in [-0.15, -0.1) is 0 Å². The zero-order valence-corrected chi connectivity index (χ0v) is 12.1. The second kappa shape index (κ2) is 4.85. The van der Waals surface area contributed by atoms with Crippen molar-refractivity contribution in [1.82, 2.24) is 9.38 Å². The molecule has 5 nitrogen and oxygen atoms in total. The first kappa shape index (κ1) is 13.6. The molecule has 3 rings (SSSR count). The van der Waals surface area contributed by atoms with Crippen LogP contribution in [0, 0.1) is 12.7 Å². The quantitative estimate of drug-likeness (QED) is 0.807. The molecule has 0 atom stereocenters. The van der Waals surface area contributed by atoms with Crippen molar-refractivity contribution in [3.63, 3.8) is 0 Å². The number of carboxylic acid groups (broad SMARTS) is 1. The predicted molar refractivity (Wildman–Crippen MR) is 76.7 cm³/mol. The van der Waals surface area contributed by atoms with Gasteiger partial charge in [0, 0.05) is 11.9 Å². The summed E-state index contributed by atoms with van der Waals surface area (Å²) >= 11 is 1.06. The molecule has 0 amide bonds. The van der Waals surface area contributed by atoms with Gasteiger partial charge in [-0.05, 0) is 19.1 Å². The zero-order chi connectivity index (χ0) is 15.1. The Bertz CT molecular complexity index is 853. The lowest BCUT2D eigenvalue weighted by Crippen LogP contribution is -1.96. The van der Waals surface area contributed by atoms with Gasteiger partial charge in [-0.2, -0.15) is 0 Å². The molecule has 2 aromatic heterocycles.